The molecule has 1 spiro atoms. The summed E-state index contributed by atoms with van der Waals surface area (Å²) in [4.78, 5) is 90.3. The SMILES string of the molecule is COC(=O)[C@@H](NC(=O)N1C(=O)[C@@]2(c3cc(C#CCNC(N)=O)ccc31)[C@H](C(=O)NC[C@H](O)c1ccccc1)[C@H]1C(=O)O[C@H](c3ccccc3)[C@H](c3ccccc3)N1[C@@H]2c1cccc(OCCO)c1)C(C)C. The monoisotopic (exact) mass is 962 g/mol. The number of urea groups is 2. The van der Waals surface area contributed by atoms with E-state index in [-0.39, 0.29) is 43.3 Å². The van der Waals surface area contributed by atoms with Crippen LogP contribution in [-0.4, -0.2) is 96.4 Å². The van der Waals surface area contributed by atoms with Gasteiger partial charge in [-0.15, -0.1) is 0 Å². The van der Waals surface area contributed by atoms with E-state index in [4.69, 9.17) is 19.9 Å². The second-order valence-corrected chi connectivity index (χ2v) is 17.7. The van der Waals surface area contributed by atoms with Crippen molar-refractivity contribution >= 4 is 41.5 Å². The van der Waals surface area contributed by atoms with E-state index in [0.29, 0.717) is 27.8 Å². The van der Waals surface area contributed by atoms with Crippen molar-refractivity contribution < 1.29 is 53.2 Å². The highest BCUT2D eigenvalue weighted by atomic mass is 16.6. The molecule has 3 aliphatic rings. The smallest absolute Gasteiger partial charge is 0.329 e. The van der Waals surface area contributed by atoms with Crippen LogP contribution < -0.4 is 31.3 Å². The molecular formula is C54H54N6O11. The molecule has 0 radical (unpaired) electrons. The number of methoxy groups -OCH3 is 1. The topological polar surface area (TPSA) is 239 Å². The maximum absolute atomic E-state index is 16.6. The number of imide groups is 1. The molecule has 0 saturated carbocycles. The Labute approximate surface area is 410 Å². The van der Waals surface area contributed by atoms with Crippen molar-refractivity contribution in [3.05, 3.63) is 167 Å². The summed E-state index contributed by atoms with van der Waals surface area (Å²) >= 11 is 0. The van der Waals surface area contributed by atoms with Crippen molar-refractivity contribution in [3.63, 3.8) is 0 Å². The Morgan fingerprint density at radius 2 is 1.49 bits per heavy atom. The summed E-state index contributed by atoms with van der Waals surface area (Å²) in [7, 11) is 1.18. The molecule has 6 amide bonds. The molecule has 3 aliphatic heterocycles. The number of morpholine rings is 1. The third-order valence-corrected chi connectivity index (χ3v) is 13.1. The predicted molar refractivity (Wildman–Crippen MR) is 259 cm³/mol. The van der Waals surface area contributed by atoms with Crippen LogP contribution in [0.1, 0.15) is 71.5 Å². The third-order valence-electron chi connectivity index (χ3n) is 13.1. The van der Waals surface area contributed by atoms with Gasteiger partial charge >= 0.3 is 24.0 Å². The first-order valence-electron chi connectivity index (χ1n) is 23.1. The minimum absolute atomic E-state index is 0.0181. The number of nitrogens with zero attached hydrogens (tertiary/aromatic N) is 2. The first-order chi connectivity index (χ1) is 34.3. The number of primary amides is 1. The zero-order valence-corrected chi connectivity index (χ0v) is 39.2. The van der Waals surface area contributed by atoms with Crippen LogP contribution in [0, 0.1) is 23.7 Å². The number of aliphatic hydroxyl groups excluding tert-OH is 2. The average molecular weight is 963 g/mol. The number of amides is 6. The Kier molecular flexibility index (Phi) is 14.8. The summed E-state index contributed by atoms with van der Waals surface area (Å²) < 4.78 is 17.6. The molecule has 2 saturated heterocycles. The van der Waals surface area contributed by atoms with E-state index >= 15 is 19.2 Å². The fourth-order valence-electron chi connectivity index (χ4n) is 10.1. The predicted octanol–water partition coefficient (Wildman–Crippen LogP) is 4.50. The number of fused-ring (bicyclic) bond motifs is 3. The van der Waals surface area contributed by atoms with Crippen LogP contribution in [0.25, 0.3) is 0 Å². The lowest BCUT2D eigenvalue weighted by atomic mass is 9.65. The lowest BCUT2D eigenvalue weighted by Crippen LogP contribution is -2.58. The van der Waals surface area contributed by atoms with Crippen molar-refractivity contribution in [3.8, 4) is 17.6 Å². The number of ether oxygens (including phenoxy) is 3. The van der Waals surface area contributed by atoms with Crippen LogP contribution in [0.3, 0.4) is 0 Å². The molecule has 5 aromatic carbocycles. The van der Waals surface area contributed by atoms with E-state index < -0.39 is 89.4 Å². The quantitative estimate of drug-likeness (QED) is 0.0667. The van der Waals surface area contributed by atoms with Gasteiger partial charge in [0.2, 0.25) is 11.8 Å². The molecule has 0 unspecified atom stereocenters. The van der Waals surface area contributed by atoms with Crippen LogP contribution in [0.15, 0.2) is 133 Å². The van der Waals surface area contributed by atoms with Gasteiger partial charge in [0, 0.05) is 12.1 Å². The second-order valence-electron chi connectivity index (χ2n) is 17.7. The maximum Gasteiger partial charge on any atom is 0.329 e. The highest BCUT2D eigenvalue weighted by Gasteiger charge is 2.75. The van der Waals surface area contributed by atoms with Crippen LogP contribution in [0.4, 0.5) is 15.3 Å². The number of nitrogens with one attached hydrogen (secondary N) is 3. The van der Waals surface area contributed by atoms with Gasteiger partial charge in [0.25, 0.3) is 0 Å². The van der Waals surface area contributed by atoms with Crippen LogP contribution >= 0.6 is 0 Å². The first-order valence-corrected chi connectivity index (χ1v) is 23.1. The lowest BCUT2D eigenvalue weighted by molar-refractivity contribution is -0.178. The summed E-state index contributed by atoms with van der Waals surface area (Å²) in [6, 6.07) is 31.5. The Bertz CT molecular complexity index is 2860. The molecular weight excluding hydrogens is 909 g/mol. The normalized spacial score (nSPS) is 22.0. The Morgan fingerprint density at radius 1 is 0.831 bits per heavy atom. The van der Waals surface area contributed by atoms with Crippen molar-refractivity contribution in [2.45, 2.75) is 55.6 Å². The number of anilines is 1. The number of nitrogens with two attached hydrogens (primary N) is 1. The summed E-state index contributed by atoms with van der Waals surface area (Å²) in [5.41, 5.74) is 5.65. The van der Waals surface area contributed by atoms with E-state index in [2.05, 4.69) is 27.8 Å². The highest BCUT2D eigenvalue weighted by Crippen LogP contribution is 2.66. The molecule has 5 aromatic rings. The molecule has 3 heterocycles. The molecule has 0 aromatic heterocycles. The highest BCUT2D eigenvalue weighted by molar-refractivity contribution is 6.25. The number of hydrogen-bond donors (Lipinski definition) is 6. The van der Waals surface area contributed by atoms with Crippen LogP contribution in [-0.2, 0) is 34.1 Å². The van der Waals surface area contributed by atoms with Gasteiger partial charge in [-0.3, -0.25) is 19.3 Å². The van der Waals surface area contributed by atoms with Gasteiger partial charge in [0.1, 0.15) is 36.0 Å². The molecule has 0 bridgehead atoms. The zero-order chi connectivity index (χ0) is 50.4. The summed E-state index contributed by atoms with van der Waals surface area (Å²) in [6.07, 6.45) is -2.24. The number of carbonyl (C=O) groups excluding carboxylic acids is 6. The minimum Gasteiger partial charge on any atom is -0.491 e. The van der Waals surface area contributed by atoms with Crippen molar-refractivity contribution in [2.24, 2.45) is 17.6 Å². The zero-order valence-electron chi connectivity index (χ0n) is 39.2. The van der Waals surface area contributed by atoms with E-state index in [1.807, 2.05) is 65.6 Å². The van der Waals surface area contributed by atoms with E-state index in [0.717, 1.165) is 4.90 Å². The molecule has 7 N–H and O–H groups in total. The fraction of sp³-hybridized carbons (Fsp3) is 0.296. The largest absolute Gasteiger partial charge is 0.491 e. The third kappa shape index (κ3) is 9.52. The first kappa shape index (κ1) is 49.4. The van der Waals surface area contributed by atoms with Gasteiger partial charge in [0.15, 0.2) is 0 Å². The molecule has 17 nitrogen and oxygen atoms in total. The minimum atomic E-state index is -2.24. The molecule has 0 aliphatic carbocycles. The number of cyclic esters (lactones) is 1. The average Bonchev–Trinajstić information content (AvgIpc) is 3.84. The standard InChI is InChI=1S/C54H54N6O11/c1-32(2)43(49(64)69-3)58-53(68)59-40-25-24-33(15-14-26-56-52(55)67)29-39(40)54(51(59)66)42(48(63)57-31-41(62)34-16-7-4-8-17-34)45-50(65)71-46(36-20-11-6-12-21-36)44(35-18-9-5-10-19-35)60(45)47(54)37-22-13-23-38(30-37)70-28-27-61/h4-13,16-25,29-30,32,41-47,61-62H,26-28,31H2,1-3H3,(H,57,63)(H,58,68)(H3,55,56,67)/t41-,42-,43-,44-,45-,46+,47+,54-/m0/s1. The second kappa shape index (κ2) is 21.3. The fourth-order valence-corrected chi connectivity index (χ4v) is 10.1. The number of benzene rings is 5. The van der Waals surface area contributed by atoms with Gasteiger partial charge < -0.3 is 46.1 Å². The Morgan fingerprint density at radius 3 is 2.14 bits per heavy atom. The van der Waals surface area contributed by atoms with Gasteiger partial charge in [-0.1, -0.05) is 129 Å². The molecule has 366 valence electrons. The Balaban J connectivity index is 1.44. The van der Waals surface area contributed by atoms with Gasteiger partial charge in [-0.2, -0.15) is 0 Å². The number of esters is 2. The van der Waals surface area contributed by atoms with Gasteiger partial charge in [0.05, 0.1) is 50.1 Å². The summed E-state index contributed by atoms with van der Waals surface area (Å²) in [6.45, 7) is 2.49. The van der Waals surface area contributed by atoms with E-state index in [9.17, 15) is 19.8 Å². The van der Waals surface area contributed by atoms with Crippen LogP contribution in [0.2, 0.25) is 0 Å². The molecule has 8 atom stereocenters. The van der Waals surface area contributed by atoms with E-state index in [1.165, 1.54) is 13.2 Å². The van der Waals surface area contributed by atoms with Crippen molar-refractivity contribution in [2.75, 3.05) is 38.3 Å². The number of aliphatic hydroxyl groups is 2. The van der Waals surface area contributed by atoms with Gasteiger partial charge in [-0.25, -0.2) is 19.3 Å². The molecule has 17 heteroatoms. The Hall–Kier alpha value is -8.04. The number of hydrogen-bond acceptors (Lipinski definition) is 12. The van der Waals surface area contributed by atoms with Crippen molar-refractivity contribution in [1.29, 1.82) is 0 Å². The molecule has 2 fully saturated rings. The molecule has 8 rings (SSSR count). The summed E-state index contributed by atoms with van der Waals surface area (Å²) in [5, 5.41) is 29.3. The van der Waals surface area contributed by atoms with E-state index in [1.54, 1.807) is 80.6 Å². The van der Waals surface area contributed by atoms with Crippen molar-refractivity contribution in [1.82, 2.24) is 20.9 Å². The molecule has 71 heavy (non-hydrogen) atoms. The number of rotatable bonds is 14. The maximum atomic E-state index is 16.6. The number of carbonyl (C=O) groups is 6. The van der Waals surface area contributed by atoms with Crippen LogP contribution in [0.5, 0.6) is 5.75 Å². The lowest BCUT2D eigenvalue weighted by Gasteiger charge is -2.46. The van der Waals surface area contributed by atoms with Gasteiger partial charge in [-0.05, 0) is 64.1 Å². The summed E-state index contributed by atoms with van der Waals surface area (Å²) in [5.74, 6) is 0.523.